The molecule has 0 aliphatic carbocycles. The molecule has 1 unspecified atom stereocenters. The lowest BCUT2D eigenvalue weighted by molar-refractivity contribution is -0.155. The molecular weight excluding hydrogens is 194 g/mol. The summed E-state index contributed by atoms with van der Waals surface area (Å²) in [4.78, 5) is 13.8. The minimum Gasteiger partial charge on any atom is -0.395 e. The number of aliphatic hydroxyl groups excluding tert-OH is 1. The summed E-state index contributed by atoms with van der Waals surface area (Å²) in [5, 5.41) is 8.91. The number of carbonyl (C=O) groups is 1. The first-order valence-electron chi connectivity index (χ1n) is 5.40. The van der Waals surface area contributed by atoms with Crippen LogP contribution in [0.3, 0.4) is 0 Å². The summed E-state index contributed by atoms with van der Waals surface area (Å²) in [5.41, 5.74) is -0.778. The molecule has 0 saturated carbocycles. The second-order valence-corrected chi connectivity index (χ2v) is 4.10. The highest BCUT2D eigenvalue weighted by Gasteiger charge is 2.35. The molecule has 0 aromatic rings. The largest absolute Gasteiger partial charge is 0.395 e. The third-order valence-corrected chi connectivity index (χ3v) is 2.80. The van der Waals surface area contributed by atoms with E-state index in [2.05, 4.69) is 0 Å². The van der Waals surface area contributed by atoms with Crippen LogP contribution in [0.25, 0.3) is 0 Å². The minimum atomic E-state index is -0.778. The standard InChI is InChI=1S/C11H23NO3/c1-6-11(4,15-5)10(14)12(7-8-13)9(2)3/h9,13H,6-8H2,1-5H3. The maximum atomic E-state index is 12.1. The van der Waals surface area contributed by atoms with Crippen LogP contribution in [-0.4, -0.2) is 47.8 Å². The van der Waals surface area contributed by atoms with Crippen molar-refractivity contribution in [3.63, 3.8) is 0 Å². The van der Waals surface area contributed by atoms with Crippen LogP contribution in [0.2, 0.25) is 0 Å². The molecule has 0 aliphatic rings. The van der Waals surface area contributed by atoms with E-state index in [1.54, 1.807) is 18.9 Å². The normalized spacial score (nSPS) is 15.1. The van der Waals surface area contributed by atoms with Gasteiger partial charge < -0.3 is 14.7 Å². The zero-order valence-electron chi connectivity index (χ0n) is 10.4. The average Bonchev–Trinajstić information content (AvgIpc) is 2.23. The Morgan fingerprint density at radius 2 is 2.07 bits per heavy atom. The van der Waals surface area contributed by atoms with Crippen molar-refractivity contribution in [3.8, 4) is 0 Å². The summed E-state index contributed by atoms with van der Waals surface area (Å²) < 4.78 is 5.25. The molecule has 1 amide bonds. The van der Waals surface area contributed by atoms with E-state index in [0.29, 0.717) is 13.0 Å². The number of aliphatic hydroxyl groups is 1. The van der Waals surface area contributed by atoms with Crippen molar-refractivity contribution >= 4 is 5.91 Å². The van der Waals surface area contributed by atoms with E-state index < -0.39 is 5.60 Å². The number of hydrogen-bond acceptors (Lipinski definition) is 3. The lowest BCUT2D eigenvalue weighted by Crippen LogP contribution is -2.51. The molecule has 0 saturated heterocycles. The van der Waals surface area contributed by atoms with Crippen LogP contribution < -0.4 is 0 Å². The van der Waals surface area contributed by atoms with Crippen molar-refractivity contribution < 1.29 is 14.6 Å². The molecule has 0 aromatic heterocycles. The summed E-state index contributed by atoms with van der Waals surface area (Å²) in [6.07, 6.45) is 0.622. The number of carbonyl (C=O) groups excluding carboxylic acids is 1. The third kappa shape index (κ3) is 3.47. The summed E-state index contributed by atoms with van der Waals surface area (Å²) in [5.74, 6) is -0.0587. The molecule has 0 bridgehead atoms. The van der Waals surface area contributed by atoms with Crippen LogP contribution in [0.4, 0.5) is 0 Å². The van der Waals surface area contributed by atoms with E-state index in [9.17, 15) is 4.79 Å². The van der Waals surface area contributed by atoms with E-state index in [-0.39, 0.29) is 18.6 Å². The lowest BCUT2D eigenvalue weighted by atomic mass is 10.0. The first-order chi connectivity index (χ1) is 6.92. The van der Waals surface area contributed by atoms with Gasteiger partial charge in [0.15, 0.2) is 0 Å². The van der Waals surface area contributed by atoms with Crippen LogP contribution in [0.5, 0.6) is 0 Å². The highest BCUT2D eigenvalue weighted by Crippen LogP contribution is 2.19. The Labute approximate surface area is 92.2 Å². The van der Waals surface area contributed by atoms with Gasteiger partial charge in [-0.25, -0.2) is 0 Å². The Bertz CT molecular complexity index is 200. The third-order valence-electron chi connectivity index (χ3n) is 2.80. The summed E-state index contributed by atoms with van der Waals surface area (Å²) >= 11 is 0. The molecule has 0 heterocycles. The Balaban J connectivity index is 4.75. The van der Waals surface area contributed by atoms with Crippen molar-refractivity contribution in [1.29, 1.82) is 0 Å². The van der Waals surface area contributed by atoms with E-state index in [4.69, 9.17) is 9.84 Å². The average molecular weight is 217 g/mol. The van der Waals surface area contributed by atoms with Gasteiger partial charge in [-0.05, 0) is 27.2 Å². The smallest absolute Gasteiger partial charge is 0.254 e. The van der Waals surface area contributed by atoms with Gasteiger partial charge in [0.2, 0.25) is 0 Å². The highest BCUT2D eigenvalue weighted by molar-refractivity contribution is 5.85. The van der Waals surface area contributed by atoms with E-state index in [0.717, 1.165) is 0 Å². The van der Waals surface area contributed by atoms with Gasteiger partial charge in [-0.2, -0.15) is 0 Å². The predicted molar refractivity (Wildman–Crippen MR) is 59.6 cm³/mol. The maximum Gasteiger partial charge on any atom is 0.254 e. The van der Waals surface area contributed by atoms with Gasteiger partial charge in [-0.3, -0.25) is 4.79 Å². The van der Waals surface area contributed by atoms with Gasteiger partial charge in [0.1, 0.15) is 5.60 Å². The monoisotopic (exact) mass is 217 g/mol. The number of amides is 1. The van der Waals surface area contributed by atoms with Crippen LogP contribution in [-0.2, 0) is 9.53 Å². The SMILES string of the molecule is CCC(C)(OC)C(=O)N(CCO)C(C)C. The maximum absolute atomic E-state index is 12.1. The van der Waals surface area contributed by atoms with Gasteiger partial charge >= 0.3 is 0 Å². The molecule has 15 heavy (non-hydrogen) atoms. The summed E-state index contributed by atoms with van der Waals surface area (Å²) in [6, 6.07) is 0.0747. The van der Waals surface area contributed by atoms with Crippen LogP contribution in [0.1, 0.15) is 34.1 Å². The second kappa shape index (κ2) is 6.08. The molecule has 0 fully saturated rings. The quantitative estimate of drug-likeness (QED) is 0.723. The molecule has 4 nitrogen and oxygen atoms in total. The van der Waals surface area contributed by atoms with Gasteiger partial charge in [0.05, 0.1) is 6.61 Å². The van der Waals surface area contributed by atoms with Crippen molar-refractivity contribution in [1.82, 2.24) is 4.90 Å². The Kier molecular flexibility index (Phi) is 5.83. The number of ether oxygens (including phenoxy) is 1. The topological polar surface area (TPSA) is 49.8 Å². The Morgan fingerprint density at radius 3 is 2.33 bits per heavy atom. The van der Waals surface area contributed by atoms with E-state index >= 15 is 0 Å². The minimum absolute atomic E-state index is 0.0204. The van der Waals surface area contributed by atoms with Crippen molar-refractivity contribution in [2.24, 2.45) is 0 Å². The molecule has 1 atom stereocenters. The van der Waals surface area contributed by atoms with Gasteiger partial charge in [0, 0.05) is 19.7 Å². The lowest BCUT2D eigenvalue weighted by Gasteiger charge is -2.35. The number of nitrogens with zero attached hydrogens (tertiary/aromatic N) is 1. The zero-order chi connectivity index (χ0) is 12.1. The molecule has 4 heteroatoms. The molecular formula is C11H23NO3. The molecule has 0 rings (SSSR count). The molecule has 90 valence electrons. The molecule has 0 spiro atoms. The number of rotatable bonds is 6. The van der Waals surface area contributed by atoms with Gasteiger partial charge in [-0.15, -0.1) is 0 Å². The second-order valence-electron chi connectivity index (χ2n) is 4.10. The van der Waals surface area contributed by atoms with Crippen LogP contribution in [0.15, 0.2) is 0 Å². The Hall–Kier alpha value is -0.610. The summed E-state index contributed by atoms with van der Waals surface area (Å²) in [6.45, 7) is 7.89. The van der Waals surface area contributed by atoms with Gasteiger partial charge in [-0.1, -0.05) is 6.92 Å². The van der Waals surface area contributed by atoms with E-state index in [1.165, 1.54) is 0 Å². The number of hydrogen-bond donors (Lipinski definition) is 1. The molecule has 0 aliphatic heterocycles. The Morgan fingerprint density at radius 1 is 1.53 bits per heavy atom. The van der Waals surface area contributed by atoms with Crippen LogP contribution >= 0.6 is 0 Å². The van der Waals surface area contributed by atoms with Crippen molar-refractivity contribution in [2.75, 3.05) is 20.3 Å². The van der Waals surface area contributed by atoms with E-state index in [1.807, 2.05) is 20.8 Å². The summed E-state index contributed by atoms with van der Waals surface area (Å²) in [7, 11) is 1.54. The number of methoxy groups -OCH3 is 1. The highest BCUT2D eigenvalue weighted by atomic mass is 16.5. The van der Waals surface area contributed by atoms with Crippen molar-refractivity contribution in [3.05, 3.63) is 0 Å². The predicted octanol–water partition coefficient (Wildman–Crippen LogP) is 1.03. The molecule has 1 N–H and O–H groups in total. The van der Waals surface area contributed by atoms with Crippen molar-refractivity contribution in [2.45, 2.75) is 45.8 Å². The fraction of sp³-hybridized carbons (Fsp3) is 0.909. The molecule has 0 radical (unpaired) electrons. The fourth-order valence-electron chi connectivity index (χ4n) is 1.39. The van der Waals surface area contributed by atoms with Crippen LogP contribution in [0, 0.1) is 0 Å². The first-order valence-corrected chi connectivity index (χ1v) is 5.40. The molecule has 0 aromatic carbocycles. The fourth-order valence-corrected chi connectivity index (χ4v) is 1.39. The zero-order valence-corrected chi connectivity index (χ0v) is 10.4. The van der Waals surface area contributed by atoms with Gasteiger partial charge in [0.25, 0.3) is 5.91 Å². The first kappa shape index (κ1) is 14.4.